The Morgan fingerprint density at radius 1 is 1.15 bits per heavy atom. The molecule has 6 nitrogen and oxygen atoms in total. The van der Waals surface area contributed by atoms with Crippen LogP contribution in [0.25, 0.3) is 0 Å². The van der Waals surface area contributed by atoms with E-state index in [4.69, 9.17) is 4.74 Å². The number of methoxy groups -OCH3 is 1. The Morgan fingerprint density at radius 2 is 1.81 bits per heavy atom. The lowest BCUT2D eigenvalue weighted by molar-refractivity contribution is 0.0938. The van der Waals surface area contributed by atoms with Crippen LogP contribution in [0.3, 0.4) is 0 Å². The van der Waals surface area contributed by atoms with Gasteiger partial charge in [-0.15, -0.1) is 0 Å². The van der Waals surface area contributed by atoms with Crippen LogP contribution in [0.1, 0.15) is 29.3 Å². The third kappa shape index (κ3) is 5.55. The minimum Gasteiger partial charge on any atom is -0.497 e. The highest BCUT2D eigenvalue weighted by atomic mass is 32.2. The molecule has 0 aliphatic carbocycles. The zero-order chi connectivity index (χ0) is 20.0. The van der Waals surface area contributed by atoms with Crippen LogP contribution in [0.2, 0.25) is 0 Å². The molecule has 2 aromatic carbocycles. The quantitative estimate of drug-likeness (QED) is 0.752. The van der Waals surface area contributed by atoms with E-state index in [-0.39, 0.29) is 16.8 Å². The van der Waals surface area contributed by atoms with Crippen LogP contribution in [0.15, 0.2) is 53.4 Å². The van der Waals surface area contributed by atoms with Gasteiger partial charge in [-0.05, 0) is 55.7 Å². The third-order valence-corrected chi connectivity index (χ3v) is 6.09. The molecule has 0 heterocycles. The largest absolute Gasteiger partial charge is 0.497 e. The molecule has 2 aromatic rings. The molecule has 146 valence electrons. The standard InChI is InChI=1S/C20H26N2O4S/c1-15(8-9-16-10-12-18(26-4)13-11-16)21-20(23)17-6-5-7-19(14-17)27(24,25)22(2)3/h5-7,10-15H,8-9H2,1-4H3,(H,21,23). The normalized spacial score (nSPS) is 12.6. The van der Waals surface area contributed by atoms with Crippen LogP contribution < -0.4 is 10.1 Å². The van der Waals surface area contributed by atoms with Crippen LogP contribution in [-0.2, 0) is 16.4 Å². The summed E-state index contributed by atoms with van der Waals surface area (Å²) >= 11 is 0. The van der Waals surface area contributed by atoms with Gasteiger partial charge in [-0.3, -0.25) is 4.79 Å². The average molecular weight is 391 g/mol. The second-order valence-electron chi connectivity index (χ2n) is 6.58. The molecule has 0 saturated heterocycles. The van der Waals surface area contributed by atoms with E-state index in [2.05, 4.69) is 5.32 Å². The smallest absolute Gasteiger partial charge is 0.251 e. The molecular weight excluding hydrogens is 364 g/mol. The van der Waals surface area contributed by atoms with Crippen molar-refractivity contribution in [3.63, 3.8) is 0 Å². The van der Waals surface area contributed by atoms with E-state index in [1.54, 1.807) is 19.2 Å². The van der Waals surface area contributed by atoms with Gasteiger partial charge in [0.1, 0.15) is 5.75 Å². The number of ether oxygens (including phenoxy) is 1. The summed E-state index contributed by atoms with van der Waals surface area (Å²) in [6, 6.07) is 13.9. The third-order valence-electron chi connectivity index (χ3n) is 4.28. The highest BCUT2D eigenvalue weighted by Gasteiger charge is 2.19. The first kappa shape index (κ1) is 20.9. The van der Waals surface area contributed by atoms with E-state index in [9.17, 15) is 13.2 Å². The lowest BCUT2D eigenvalue weighted by atomic mass is 10.1. The fourth-order valence-electron chi connectivity index (χ4n) is 2.56. The van der Waals surface area contributed by atoms with E-state index in [0.29, 0.717) is 5.56 Å². The molecule has 1 N–H and O–H groups in total. The second kappa shape index (κ2) is 9.01. The highest BCUT2D eigenvalue weighted by Crippen LogP contribution is 2.16. The van der Waals surface area contributed by atoms with Gasteiger partial charge >= 0.3 is 0 Å². The highest BCUT2D eigenvalue weighted by molar-refractivity contribution is 7.89. The van der Waals surface area contributed by atoms with Gasteiger partial charge < -0.3 is 10.1 Å². The van der Waals surface area contributed by atoms with Crippen molar-refractivity contribution >= 4 is 15.9 Å². The molecule has 0 spiro atoms. The zero-order valence-corrected chi connectivity index (χ0v) is 16.9. The van der Waals surface area contributed by atoms with Crippen LogP contribution >= 0.6 is 0 Å². The maximum atomic E-state index is 12.5. The fourth-order valence-corrected chi connectivity index (χ4v) is 3.51. The second-order valence-corrected chi connectivity index (χ2v) is 8.73. The molecule has 1 unspecified atom stereocenters. The van der Waals surface area contributed by atoms with E-state index in [1.165, 1.54) is 26.2 Å². The maximum absolute atomic E-state index is 12.5. The number of amides is 1. The number of nitrogens with zero attached hydrogens (tertiary/aromatic N) is 1. The Bertz CT molecular complexity index is 877. The summed E-state index contributed by atoms with van der Waals surface area (Å²) in [5.41, 5.74) is 1.49. The summed E-state index contributed by atoms with van der Waals surface area (Å²) in [6.45, 7) is 1.93. The Kier molecular flexibility index (Phi) is 6.98. The van der Waals surface area contributed by atoms with Gasteiger partial charge in [0.15, 0.2) is 0 Å². The van der Waals surface area contributed by atoms with Gasteiger partial charge in [0, 0.05) is 25.7 Å². The van der Waals surface area contributed by atoms with Crippen LogP contribution in [-0.4, -0.2) is 45.9 Å². The molecule has 0 bridgehead atoms. The van der Waals surface area contributed by atoms with E-state index >= 15 is 0 Å². The van der Waals surface area contributed by atoms with E-state index < -0.39 is 10.0 Å². The molecule has 0 saturated carbocycles. The van der Waals surface area contributed by atoms with Gasteiger partial charge in [-0.25, -0.2) is 12.7 Å². The number of carbonyl (C=O) groups excluding carboxylic acids is 1. The molecule has 1 amide bonds. The summed E-state index contributed by atoms with van der Waals surface area (Å²) < 4.78 is 30.7. The van der Waals surface area contributed by atoms with Gasteiger partial charge in [-0.1, -0.05) is 18.2 Å². The Labute approximate surface area is 161 Å². The van der Waals surface area contributed by atoms with Crippen LogP contribution in [0, 0.1) is 0 Å². The predicted octanol–water partition coefficient (Wildman–Crippen LogP) is 2.70. The van der Waals surface area contributed by atoms with Gasteiger partial charge in [0.05, 0.1) is 12.0 Å². The minimum absolute atomic E-state index is 0.0475. The number of sulfonamides is 1. The summed E-state index contributed by atoms with van der Waals surface area (Å²) in [7, 11) is 0.983. The lowest BCUT2D eigenvalue weighted by Crippen LogP contribution is -2.33. The summed E-state index contributed by atoms with van der Waals surface area (Å²) in [5.74, 6) is 0.528. The van der Waals surface area contributed by atoms with Crippen molar-refractivity contribution < 1.29 is 17.9 Å². The van der Waals surface area contributed by atoms with E-state index in [0.717, 1.165) is 28.5 Å². The Balaban J connectivity index is 1.97. The number of aryl methyl sites for hydroxylation is 1. The first-order valence-electron chi connectivity index (χ1n) is 8.70. The molecule has 0 fully saturated rings. The number of nitrogens with one attached hydrogen (secondary N) is 1. The number of rotatable bonds is 8. The molecular formula is C20H26N2O4S. The van der Waals surface area contributed by atoms with Gasteiger partial charge in [0.2, 0.25) is 10.0 Å². The number of carbonyl (C=O) groups is 1. The topological polar surface area (TPSA) is 75.7 Å². The molecule has 7 heteroatoms. The maximum Gasteiger partial charge on any atom is 0.251 e. The monoisotopic (exact) mass is 390 g/mol. The predicted molar refractivity (Wildman–Crippen MR) is 106 cm³/mol. The molecule has 0 radical (unpaired) electrons. The van der Waals surface area contributed by atoms with Gasteiger partial charge in [-0.2, -0.15) is 0 Å². The van der Waals surface area contributed by atoms with Crippen molar-refractivity contribution in [1.29, 1.82) is 0 Å². The fraction of sp³-hybridized carbons (Fsp3) is 0.350. The number of hydrogen-bond donors (Lipinski definition) is 1. The number of hydrogen-bond acceptors (Lipinski definition) is 4. The van der Waals surface area contributed by atoms with Crippen molar-refractivity contribution in [1.82, 2.24) is 9.62 Å². The van der Waals surface area contributed by atoms with E-state index in [1.807, 2.05) is 31.2 Å². The van der Waals surface area contributed by atoms with Crippen molar-refractivity contribution in [3.8, 4) is 5.75 Å². The van der Waals surface area contributed by atoms with Crippen LogP contribution in [0.4, 0.5) is 0 Å². The van der Waals surface area contributed by atoms with Crippen molar-refractivity contribution in [2.24, 2.45) is 0 Å². The minimum atomic E-state index is -3.57. The van der Waals surface area contributed by atoms with Gasteiger partial charge in [0.25, 0.3) is 5.91 Å². The molecule has 0 aromatic heterocycles. The summed E-state index contributed by atoms with van der Waals surface area (Å²) in [4.78, 5) is 12.6. The van der Waals surface area contributed by atoms with Crippen molar-refractivity contribution in [2.75, 3.05) is 21.2 Å². The molecule has 0 aliphatic heterocycles. The first-order valence-corrected chi connectivity index (χ1v) is 10.1. The van der Waals surface area contributed by atoms with Crippen LogP contribution in [0.5, 0.6) is 5.75 Å². The summed E-state index contributed by atoms with van der Waals surface area (Å²) in [5, 5.41) is 2.92. The average Bonchev–Trinajstić information content (AvgIpc) is 2.66. The molecule has 1 atom stereocenters. The lowest BCUT2D eigenvalue weighted by Gasteiger charge is -2.15. The molecule has 2 rings (SSSR count). The van der Waals surface area contributed by atoms with Crippen molar-refractivity contribution in [3.05, 3.63) is 59.7 Å². The SMILES string of the molecule is COc1ccc(CCC(C)NC(=O)c2cccc(S(=O)(=O)N(C)C)c2)cc1. The first-order chi connectivity index (χ1) is 12.7. The number of benzene rings is 2. The molecule has 0 aliphatic rings. The summed E-state index contributed by atoms with van der Waals surface area (Å²) in [6.07, 6.45) is 1.59. The Morgan fingerprint density at radius 3 is 2.41 bits per heavy atom. The van der Waals surface area contributed by atoms with Crippen molar-refractivity contribution in [2.45, 2.75) is 30.7 Å². The Hall–Kier alpha value is -2.38. The molecule has 27 heavy (non-hydrogen) atoms. The zero-order valence-electron chi connectivity index (χ0n) is 16.1.